The number of carbonyl (C=O) groups is 3. The minimum Gasteiger partial charge on any atom is -0.497 e. The molecule has 7 atom stereocenters. The molecule has 3 heterocycles. The third-order valence-electron chi connectivity index (χ3n) is 8.88. The van der Waals surface area contributed by atoms with Gasteiger partial charge in [0.05, 0.1) is 37.2 Å². The molecule has 3 unspecified atom stereocenters. The number of ether oxygens (including phenoxy) is 2. The highest BCUT2D eigenvalue weighted by atomic mass is 16.5. The second kappa shape index (κ2) is 10.3. The zero-order valence-corrected chi connectivity index (χ0v) is 22.8. The fourth-order valence-corrected chi connectivity index (χ4v) is 6.98. The van der Waals surface area contributed by atoms with Crippen LogP contribution in [0.5, 0.6) is 5.75 Å². The van der Waals surface area contributed by atoms with Crippen molar-refractivity contribution in [2.75, 3.05) is 25.6 Å². The SMILES string of the molecule is CCCNC(=O)[C@@H]1[C@H]2C(=O)N([C@H](CO)c3ccccc3)C(C(=O)Nc3ccc(OC)cc3)C23CC(C)[C@@]1(C)O3. The second-order valence-electron chi connectivity index (χ2n) is 11.1. The lowest BCUT2D eigenvalue weighted by atomic mass is 9.62. The van der Waals surface area contributed by atoms with Crippen LogP contribution in [0, 0.1) is 17.8 Å². The maximum Gasteiger partial charge on any atom is 0.250 e. The molecule has 0 radical (unpaired) electrons. The summed E-state index contributed by atoms with van der Waals surface area (Å²) in [5, 5.41) is 16.5. The van der Waals surface area contributed by atoms with Crippen LogP contribution < -0.4 is 15.4 Å². The summed E-state index contributed by atoms with van der Waals surface area (Å²) in [5.41, 5.74) is -0.868. The molecular formula is C30H37N3O6. The Kier molecular flexibility index (Phi) is 7.15. The van der Waals surface area contributed by atoms with E-state index in [2.05, 4.69) is 10.6 Å². The molecule has 5 rings (SSSR count). The number of fused-ring (bicyclic) bond motifs is 1. The highest BCUT2D eigenvalue weighted by Gasteiger charge is 2.80. The fourth-order valence-electron chi connectivity index (χ4n) is 6.98. The first-order chi connectivity index (χ1) is 18.7. The molecular weight excluding hydrogens is 498 g/mol. The van der Waals surface area contributed by atoms with Crippen LogP contribution in [-0.2, 0) is 19.1 Å². The van der Waals surface area contributed by atoms with Gasteiger partial charge in [0.1, 0.15) is 17.4 Å². The van der Waals surface area contributed by atoms with Crippen molar-refractivity contribution < 1.29 is 29.0 Å². The lowest BCUT2D eigenvalue weighted by molar-refractivity contribution is -0.149. The molecule has 3 amide bonds. The summed E-state index contributed by atoms with van der Waals surface area (Å²) in [7, 11) is 1.57. The molecule has 3 saturated heterocycles. The molecule has 3 N–H and O–H groups in total. The van der Waals surface area contributed by atoms with E-state index in [0.29, 0.717) is 30.0 Å². The first-order valence-electron chi connectivity index (χ1n) is 13.6. The monoisotopic (exact) mass is 535 g/mol. The summed E-state index contributed by atoms with van der Waals surface area (Å²) < 4.78 is 12.0. The molecule has 2 bridgehead atoms. The van der Waals surface area contributed by atoms with Crippen LogP contribution in [-0.4, -0.2) is 65.2 Å². The molecule has 39 heavy (non-hydrogen) atoms. The number of methoxy groups -OCH3 is 1. The quantitative estimate of drug-likeness (QED) is 0.455. The Hall–Kier alpha value is -3.43. The lowest BCUT2D eigenvalue weighted by Gasteiger charge is -2.37. The Bertz CT molecular complexity index is 1240. The van der Waals surface area contributed by atoms with E-state index < -0.39 is 41.0 Å². The van der Waals surface area contributed by atoms with Crippen molar-refractivity contribution in [1.29, 1.82) is 0 Å². The van der Waals surface area contributed by atoms with E-state index in [1.54, 1.807) is 31.4 Å². The van der Waals surface area contributed by atoms with Crippen LogP contribution >= 0.6 is 0 Å². The lowest BCUT2D eigenvalue weighted by Crippen LogP contribution is -2.55. The Morgan fingerprint density at radius 1 is 1.15 bits per heavy atom. The highest BCUT2D eigenvalue weighted by molar-refractivity contribution is 6.04. The van der Waals surface area contributed by atoms with Crippen LogP contribution in [0.4, 0.5) is 5.69 Å². The number of benzene rings is 2. The number of carbonyl (C=O) groups excluding carboxylic acids is 3. The third-order valence-corrected chi connectivity index (χ3v) is 8.88. The number of rotatable bonds is 9. The van der Waals surface area contributed by atoms with E-state index >= 15 is 0 Å². The number of aliphatic hydroxyl groups excluding tert-OH is 1. The number of aliphatic hydroxyl groups is 1. The number of nitrogens with one attached hydrogen (secondary N) is 2. The van der Waals surface area contributed by atoms with E-state index in [-0.39, 0.29) is 24.3 Å². The van der Waals surface area contributed by atoms with E-state index in [9.17, 15) is 19.5 Å². The number of anilines is 1. The molecule has 3 fully saturated rings. The summed E-state index contributed by atoms with van der Waals surface area (Å²) in [6.45, 7) is 5.97. The third kappa shape index (κ3) is 4.19. The van der Waals surface area contributed by atoms with Gasteiger partial charge in [0, 0.05) is 12.2 Å². The standard InChI is InChI=1S/C30H37N3O6/c1-5-15-31-26(35)23-24-28(37)33(22(17-34)19-9-7-6-8-10-19)25(30(24)16-18(2)29(23,3)39-30)27(36)32-20-11-13-21(38-4)14-12-20/h6-14,18,22-25,34H,5,15-17H2,1-4H3,(H,31,35)(H,32,36)/t18?,22-,23+,24+,25?,29-,30?/m1/s1. The van der Waals surface area contributed by atoms with E-state index in [1.807, 2.05) is 51.1 Å². The van der Waals surface area contributed by atoms with Crippen molar-refractivity contribution in [2.24, 2.45) is 17.8 Å². The molecule has 0 saturated carbocycles. The van der Waals surface area contributed by atoms with Gasteiger partial charge in [-0.2, -0.15) is 0 Å². The summed E-state index contributed by atoms with van der Waals surface area (Å²) in [6, 6.07) is 14.3. The Labute approximate surface area is 228 Å². The normalized spacial score (nSPS) is 31.6. The summed E-state index contributed by atoms with van der Waals surface area (Å²) >= 11 is 0. The zero-order chi connectivity index (χ0) is 27.9. The minimum absolute atomic E-state index is 0.0699. The first-order valence-corrected chi connectivity index (χ1v) is 13.6. The molecule has 9 heteroatoms. The molecule has 3 aliphatic rings. The summed E-state index contributed by atoms with van der Waals surface area (Å²) in [4.78, 5) is 43.6. The van der Waals surface area contributed by atoms with Crippen molar-refractivity contribution in [1.82, 2.24) is 10.2 Å². The molecule has 208 valence electrons. The maximum atomic E-state index is 14.4. The molecule has 1 spiro atoms. The predicted octanol–water partition coefficient (Wildman–Crippen LogP) is 2.90. The van der Waals surface area contributed by atoms with Gasteiger partial charge in [0.15, 0.2) is 0 Å². The van der Waals surface area contributed by atoms with Crippen LogP contribution in [0.2, 0.25) is 0 Å². The van der Waals surface area contributed by atoms with Gasteiger partial charge in [0.2, 0.25) is 17.7 Å². The van der Waals surface area contributed by atoms with Gasteiger partial charge in [-0.15, -0.1) is 0 Å². The Balaban J connectivity index is 1.60. The highest BCUT2D eigenvalue weighted by Crippen LogP contribution is 2.66. The van der Waals surface area contributed by atoms with Crippen LogP contribution in [0.15, 0.2) is 54.6 Å². The first kappa shape index (κ1) is 27.1. The molecule has 2 aromatic rings. The van der Waals surface area contributed by atoms with E-state index in [1.165, 1.54) is 4.90 Å². The Morgan fingerprint density at radius 3 is 2.46 bits per heavy atom. The van der Waals surface area contributed by atoms with Gasteiger partial charge < -0.3 is 30.1 Å². The smallest absolute Gasteiger partial charge is 0.250 e. The van der Waals surface area contributed by atoms with Gasteiger partial charge in [-0.05, 0) is 55.5 Å². The molecule has 2 aromatic carbocycles. The largest absolute Gasteiger partial charge is 0.497 e. The minimum atomic E-state index is -1.21. The van der Waals surface area contributed by atoms with Crippen molar-refractivity contribution in [3.05, 3.63) is 60.2 Å². The molecule has 0 aliphatic carbocycles. The van der Waals surface area contributed by atoms with Gasteiger partial charge in [-0.1, -0.05) is 44.2 Å². The number of amides is 3. The van der Waals surface area contributed by atoms with Crippen molar-refractivity contribution in [2.45, 2.75) is 56.9 Å². The average Bonchev–Trinajstić information content (AvgIpc) is 3.45. The number of nitrogens with zero attached hydrogens (tertiary/aromatic N) is 1. The maximum absolute atomic E-state index is 14.4. The van der Waals surface area contributed by atoms with Crippen molar-refractivity contribution in [3.8, 4) is 5.75 Å². The predicted molar refractivity (Wildman–Crippen MR) is 145 cm³/mol. The summed E-state index contributed by atoms with van der Waals surface area (Å²) in [5.74, 6) is -2.02. The fraction of sp³-hybridized carbons (Fsp3) is 0.500. The number of hydrogen-bond donors (Lipinski definition) is 3. The van der Waals surface area contributed by atoms with E-state index in [0.717, 1.165) is 6.42 Å². The van der Waals surface area contributed by atoms with Crippen LogP contribution in [0.3, 0.4) is 0 Å². The zero-order valence-electron chi connectivity index (χ0n) is 22.8. The van der Waals surface area contributed by atoms with Crippen LogP contribution in [0.1, 0.15) is 45.2 Å². The number of likely N-dealkylation sites (tertiary alicyclic amines) is 1. The van der Waals surface area contributed by atoms with Gasteiger partial charge in [0.25, 0.3) is 0 Å². The average molecular weight is 536 g/mol. The molecule has 0 aromatic heterocycles. The van der Waals surface area contributed by atoms with Crippen LogP contribution in [0.25, 0.3) is 0 Å². The van der Waals surface area contributed by atoms with E-state index in [4.69, 9.17) is 9.47 Å². The topological polar surface area (TPSA) is 117 Å². The van der Waals surface area contributed by atoms with Crippen molar-refractivity contribution in [3.63, 3.8) is 0 Å². The molecule has 3 aliphatic heterocycles. The number of hydrogen-bond acceptors (Lipinski definition) is 6. The van der Waals surface area contributed by atoms with Crippen molar-refractivity contribution >= 4 is 23.4 Å². The summed E-state index contributed by atoms with van der Waals surface area (Å²) in [6.07, 6.45) is 1.20. The van der Waals surface area contributed by atoms with Gasteiger partial charge >= 0.3 is 0 Å². The van der Waals surface area contributed by atoms with Gasteiger partial charge in [-0.3, -0.25) is 14.4 Å². The Morgan fingerprint density at radius 2 is 1.85 bits per heavy atom. The van der Waals surface area contributed by atoms with Gasteiger partial charge in [-0.25, -0.2) is 0 Å². The second-order valence-corrected chi connectivity index (χ2v) is 11.1. The molecule has 9 nitrogen and oxygen atoms in total.